The van der Waals surface area contributed by atoms with Crippen molar-refractivity contribution in [2.45, 2.75) is 18.9 Å². The van der Waals surface area contributed by atoms with Crippen molar-refractivity contribution < 1.29 is 9.53 Å². The average Bonchev–Trinajstić information content (AvgIpc) is 2.12. The molecule has 1 aliphatic rings. The van der Waals surface area contributed by atoms with Crippen molar-refractivity contribution in [3.63, 3.8) is 0 Å². The molecular weight excluding hydrogens is 142 g/mol. The molecule has 3 nitrogen and oxygen atoms in total. The minimum Gasteiger partial charge on any atom is -0.368 e. The lowest BCUT2D eigenvalue weighted by molar-refractivity contribution is -0.126. The first-order valence-corrected chi connectivity index (χ1v) is 2.71. The summed E-state index contributed by atoms with van der Waals surface area (Å²) in [4.78, 5) is 10.3. The number of carbonyl (C=O) groups excluding carboxylic acids is 1. The molecule has 1 fully saturated rings. The van der Waals surface area contributed by atoms with Gasteiger partial charge in [-0.15, -0.1) is 12.4 Å². The number of hydrogen-bond acceptors (Lipinski definition) is 2. The first-order valence-electron chi connectivity index (χ1n) is 2.71. The SMILES string of the molecule is Cl.NC(=O)[C@H]1CCCO1. The Morgan fingerprint density at radius 3 is 2.56 bits per heavy atom. The Bertz CT molecular complexity index is 101. The normalized spacial score (nSPS) is 25.1. The first-order chi connectivity index (χ1) is 3.80. The van der Waals surface area contributed by atoms with E-state index in [1.54, 1.807) is 0 Å². The molecule has 4 heteroatoms. The van der Waals surface area contributed by atoms with Gasteiger partial charge in [-0.25, -0.2) is 0 Å². The van der Waals surface area contributed by atoms with Gasteiger partial charge in [0.1, 0.15) is 6.10 Å². The van der Waals surface area contributed by atoms with Crippen LogP contribution in [0, 0.1) is 0 Å². The molecule has 1 aliphatic heterocycles. The number of hydrogen-bond donors (Lipinski definition) is 1. The molecule has 0 bridgehead atoms. The zero-order valence-corrected chi connectivity index (χ0v) is 5.82. The predicted molar refractivity (Wildman–Crippen MR) is 35.4 cm³/mol. The molecule has 1 atom stereocenters. The van der Waals surface area contributed by atoms with Crippen LogP contribution in [0.3, 0.4) is 0 Å². The van der Waals surface area contributed by atoms with Gasteiger partial charge >= 0.3 is 0 Å². The van der Waals surface area contributed by atoms with Crippen LogP contribution in [0.1, 0.15) is 12.8 Å². The summed E-state index contributed by atoms with van der Waals surface area (Å²) in [5.74, 6) is -0.331. The minimum absolute atomic E-state index is 0. The van der Waals surface area contributed by atoms with Gasteiger partial charge in [0.15, 0.2) is 0 Å². The summed E-state index contributed by atoms with van der Waals surface area (Å²) in [7, 11) is 0. The van der Waals surface area contributed by atoms with E-state index in [9.17, 15) is 4.79 Å². The van der Waals surface area contributed by atoms with Crippen LogP contribution >= 0.6 is 12.4 Å². The lowest BCUT2D eigenvalue weighted by Crippen LogP contribution is -2.27. The molecule has 1 amide bonds. The Balaban J connectivity index is 0.000000640. The molecule has 54 valence electrons. The molecule has 1 heterocycles. The summed E-state index contributed by atoms with van der Waals surface area (Å²) in [5.41, 5.74) is 4.93. The smallest absolute Gasteiger partial charge is 0.246 e. The standard InChI is InChI=1S/C5H9NO2.ClH/c6-5(7)4-2-1-3-8-4;/h4H,1-3H2,(H2,6,7);1H/t4-;/m1./s1. The quantitative estimate of drug-likeness (QED) is 0.577. The maximum absolute atomic E-state index is 10.3. The van der Waals surface area contributed by atoms with Gasteiger partial charge < -0.3 is 10.5 Å². The number of amides is 1. The highest BCUT2D eigenvalue weighted by atomic mass is 35.5. The molecule has 0 unspecified atom stereocenters. The third kappa shape index (κ3) is 2.20. The van der Waals surface area contributed by atoms with E-state index in [0.29, 0.717) is 6.61 Å². The number of halogens is 1. The van der Waals surface area contributed by atoms with Crippen molar-refractivity contribution in [3.8, 4) is 0 Å². The second kappa shape index (κ2) is 3.69. The maximum Gasteiger partial charge on any atom is 0.246 e. The highest BCUT2D eigenvalue weighted by molar-refractivity contribution is 5.85. The van der Waals surface area contributed by atoms with Crippen LogP contribution in [0.4, 0.5) is 0 Å². The van der Waals surface area contributed by atoms with Gasteiger partial charge in [0.05, 0.1) is 0 Å². The van der Waals surface area contributed by atoms with E-state index in [4.69, 9.17) is 10.5 Å². The summed E-state index contributed by atoms with van der Waals surface area (Å²) in [6.07, 6.45) is 1.47. The van der Waals surface area contributed by atoms with Gasteiger partial charge in [0, 0.05) is 6.61 Å². The molecule has 0 radical (unpaired) electrons. The van der Waals surface area contributed by atoms with Crippen molar-refractivity contribution >= 4 is 18.3 Å². The predicted octanol–water partition coefficient (Wildman–Crippen LogP) is 0.0725. The van der Waals surface area contributed by atoms with Gasteiger partial charge in [-0.1, -0.05) is 0 Å². The summed E-state index contributed by atoms with van der Waals surface area (Å²) >= 11 is 0. The fraction of sp³-hybridized carbons (Fsp3) is 0.800. The Kier molecular flexibility index (Phi) is 3.58. The largest absolute Gasteiger partial charge is 0.368 e. The van der Waals surface area contributed by atoms with Gasteiger partial charge in [-0.3, -0.25) is 4.79 Å². The van der Waals surface area contributed by atoms with Crippen LogP contribution in [0.25, 0.3) is 0 Å². The monoisotopic (exact) mass is 151 g/mol. The van der Waals surface area contributed by atoms with Crippen LogP contribution in [-0.4, -0.2) is 18.6 Å². The average molecular weight is 152 g/mol. The van der Waals surface area contributed by atoms with Crippen LogP contribution in [0.2, 0.25) is 0 Å². The van der Waals surface area contributed by atoms with Crippen LogP contribution < -0.4 is 5.73 Å². The molecule has 9 heavy (non-hydrogen) atoms. The lowest BCUT2D eigenvalue weighted by Gasteiger charge is -2.00. The van der Waals surface area contributed by atoms with E-state index >= 15 is 0 Å². The molecule has 0 spiro atoms. The Labute approximate surface area is 60.0 Å². The Hall–Kier alpha value is -0.280. The molecule has 0 aromatic rings. The third-order valence-corrected chi connectivity index (χ3v) is 1.25. The summed E-state index contributed by atoms with van der Waals surface area (Å²) < 4.78 is 4.94. The number of carbonyl (C=O) groups is 1. The van der Waals surface area contributed by atoms with Gasteiger partial charge in [-0.05, 0) is 12.8 Å². The zero-order valence-electron chi connectivity index (χ0n) is 5.00. The highest BCUT2D eigenvalue weighted by Gasteiger charge is 2.19. The lowest BCUT2D eigenvalue weighted by atomic mass is 10.2. The summed E-state index contributed by atoms with van der Waals surface area (Å²) in [6.45, 7) is 0.688. The molecular formula is C5H10ClNO2. The first kappa shape index (κ1) is 8.72. The van der Waals surface area contributed by atoms with Crippen molar-refractivity contribution in [2.24, 2.45) is 5.73 Å². The highest BCUT2D eigenvalue weighted by Crippen LogP contribution is 2.10. The molecule has 0 aliphatic carbocycles. The minimum atomic E-state index is -0.331. The van der Waals surface area contributed by atoms with E-state index < -0.39 is 0 Å². The number of ether oxygens (including phenoxy) is 1. The zero-order chi connectivity index (χ0) is 5.98. The summed E-state index contributed by atoms with van der Waals surface area (Å²) in [6, 6.07) is 0. The molecule has 0 saturated carbocycles. The van der Waals surface area contributed by atoms with E-state index in [1.165, 1.54) is 0 Å². The third-order valence-electron chi connectivity index (χ3n) is 1.25. The number of primary amides is 1. The topological polar surface area (TPSA) is 52.3 Å². The number of rotatable bonds is 1. The fourth-order valence-electron chi connectivity index (χ4n) is 0.802. The maximum atomic E-state index is 10.3. The van der Waals surface area contributed by atoms with E-state index in [2.05, 4.69) is 0 Å². The van der Waals surface area contributed by atoms with E-state index in [1.807, 2.05) is 0 Å². The van der Waals surface area contributed by atoms with Gasteiger partial charge in [0.2, 0.25) is 5.91 Å². The van der Waals surface area contributed by atoms with Gasteiger partial charge in [0.25, 0.3) is 0 Å². The van der Waals surface area contributed by atoms with Crippen molar-refractivity contribution in [1.82, 2.24) is 0 Å². The Morgan fingerprint density at radius 2 is 2.33 bits per heavy atom. The van der Waals surface area contributed by atoms with Crippen LogP contribution in [0.5, 0.6) is 0 Å². The van der Waals surface area contributed by atoms with E-state index in [-0.39, 0.29) is 24.4 Å². The second-order valence-corrected chi connectivity index (χ2v) is 1.90. The molecule has 0 aromatic carbocycles. The van der Waals surface area contributed by atoms with Crippen molar-refractivity contribution in [1.29, 1.82) is 0 Å². The fourth-order valence-corrected chi connectivity index (χ4v) is 0.802. The van der Waals surface area contributed by atoms with Crippen LogP contribution in [-0.2, 0) is 9.53 Å². The molecule has 1 saturated heterocycles. The van der Waals surface area contributed by atoms with Crippen molar-refractivity contribution in [3.05, 3.63) is 0 Å². The molecule has 0 aromatic heterocycles. The number of nitrogens with two attached hydrogens (primary N) is 1. The van der Waals surface area contributed by atoms with Crippen LogP contribution in [0.15, 0.2) is 0 Å². The summed E-state index contributed by atoms with van der Waals surface area (Å²) in [5, 5.41) is 0. The van der Waals surface area contributed by atoms with E-state index in [0.717, 1.165) is 12.8 Å². The molecule has 2 N–H and O–H groups in total. The Morgan fingerprint density at radius 1 is 1.67 bits per heavy atom. The van der Waals surface area contributed by atoms with Gasteiger partial charge in [-0.2, -0.15) is 0 Å². The van der Waals surface area contributed by atoms with Crippen molar-refractivity contribution in [2.75, 3.05) is 6.61 Å². The molecule has 1 rings (SSSR count). The second-order valence-electron chi connectivity index (χ2n) is 1.90.